The summed E-state index contributed by atoms with van der Waals surface area (Å²) in [5.41, 5.74) is -0.344. The van der Waals surface area contributed by atoms with Crippen molar-refractivity contribution in [3.05, 3.63) is 46.9 Å². The van der Waals surface area contributed by atoms with E-state index < -0.39 is 11.6 Å². The maximum Gasteiger partial charge on any atom is 0.224 e. The third-order valence-corrected chi connectivity index (χ3v) is 2.67. The van der Waals surface area contributed by atoms with Crippen LogP contribution >= 0.6 is 11.6 Å². The zero-order valence-corrected chi connectivity index (χ0v) is 12.0. The second kappa shape index (κ2) is 5.32. The lowest BCUT2D eigenvalue weighted by atomic mass is 9.96. The Morgan fingerprint density at radius 2 is 1.85 bits per heavy atom. The van der Waals surface area contributed by atoms with Crippen molar-refractivity contribution in [2.45, 2.75) is 26.2 Å². The number of benzene rings is 1. The molecule has 106 valence electrons. The van der Waals surface area contributed by atoms with Crippen LogP contribution in [0.15, 0.2) is 24.3 Å². The smallest absolute Gasteiger partial charge is 0.224 e. The molecule has 2 aromatic rings. The van der Waals surface area contributed by atoms with Crippen LogP contribution in [0.2, 0.25) is 5.15 Å². The van der Waals surface area contributed by atoms with E-state index in [-0.39, 0.29) is 22.2 Å². The van der Waals surface area contributed by atoms with Crippen molar-refractivity contribution in [2.75, 3.05) is 0 Å². The van der Waals surface area contributed by atoms with E-state index in [9.17, 15) is 8.78 Å². The molecule has 0 amide bonds. The molecule has 0 aliphatic heterocycles. The van der Waals surface area contributed by atoms with Crippen LogP contribution in [-0.4, -0.2) is 9.97 Å². The zero-order valence-electron chi connectivity index (χ0n) is 11.2. The van der Waals surface area contributed by atoms with Crippen LogP contribution in [0.4, 0.5) is 8.78 Å². The lowest BCUT2D eigenvalue weighted by Gasteiger charge is -2.17. The lowest BCUT2D eigenvalue weighted by Crippen LogP contribution is -2.16. The van der Waals surface area contributed by atoms with E-state index in [0.717, 1.165) is 6.07 Å². The van der Waals surface area contributed by atoms with Gasteiger partial charge < -0.3 is 4.74 Å². The Kier molecular flexibility index (Phi) is 3.90. The highest BCUT2D eigenvalue weighted by Crippen LogP contribution is 2.28. The van der Waals surface area contributed by atoms with Crippen LogP contribution in [0.3, 0.4) is 0 Å². The van der Waals surface area contributed by atoms with Gasteiger partial charge in [0, 0.05) is 11.5 Å². The van der Waals surface area contributed by atoms with Crippen LogP contribution in [0.1, 0.15) is 26.6 Å². The molecule has 0 fully saturated rings. The van der Waals surface area contributed by atoms with E-state index in [1.54, 1.807) is 0 Å². The van der Waals surface area contributed by atoms with Crippen molar-refractivity contribution >= 4 is 11.6 Å². The minimum atomic E-state index is -1.07. The summed E-state index contributed by atoms with van der Waals surface area (Å²) in [6, 6.07) is 5.02. The third kappa shape index (κ3) is 3.22. The Labute approximate surface area is 120 Å². The highest BCUT2D eigenvalue weighted by molar-refractivity contribution is 6.29. The quantitative estimate of drug-likeness (QED) is 0.766. The monoisotopic (exact) mass is 298 g/mol. The van der Waals surface area contributed by atoms with E-state index in [1.165, 1.54) is 18.2 Å². The molecule has 0 atom stereocenters. The molecule has 0 saturated carbocycles. The fourth-order valence-corrected chi connectivity index (χ4v) is 1.63. The number of ether oxygens (including phenoxy) is 1. The lowest BCUT2D eigenvalue weighted by molar-refractivity contribution is 0.399. The molecule has 1 heterocycles. The summed E-state index contributed by atoms with van der Waals surface area (Å²) in [7, 11) is 0. The molecule has 0 aliphatic carbocycles. The van der Waals surface area contributed by atoms with Crippen molar-refractivity contribution in [3.63, 3.8) is 0 Å². The van der Waals surface area contributed by atoms with Gasteiger partial charge in [0.25, 0.3) is 0 Å². The van der Waals surface area contributed by atoms with Gasteiger partial charge in [-0.25, -0.2) is 9.37 Å². The summed E-state index contributed by atoms with van der Waals surface area (Å²) in [5, 5.41) is 0.178. The van der Waals surface area contributed by atoms with Gasteiger partial charge in [-0.3, -0.25) is 0 Å². The van der Waals surface area contributed by atoms with Gasteiger partial charge in [-0.15, -0.1) is 0 Å². The Morgan fingerprint density at radius 3 is 2.50 bits per heavy atom. The molecule has 0 unspecified atom stereocenters. The maximum atomic E-state index is 13.5. The zero-order chi connectivity index (χ0) is 14.9. The van der Waals surface area contributed by atoms with Crippen LogP contribution in [0.25, 0.3) is 0 Å². The summed E-state index contributed by atoms with van der Waals surface area (Å²) in [6.45, 7) is 5.72. The van der Waals surface area contributed by atoms with Crippen LogP contribution in [0, 0.1) is 11.6 Å². The topological polar surface area (TPSA) is 35.0 Å². The number of aromatic nitrogens is 2. The molecule has 20 heavy (non-hydrogen) atoms. The standard InChI is InChI=1S/C14H13ClF2N2O/c1-14(2,3)13-18-10(15)7-11(19-13)20-9-6-4-5-8(16)12(9)17/h4-7H,1-3H3. The molecular formula is C14H13ClF2N2O. The molecule has 6 heteroatoms. The fourth-order valence-electron chi connectivity index (χ4n) is 1.46. The van der Waals surface area contributed by atoms with Crippen LogP contribution in [0.5, 0.6) is 11.6 Å². The molecule has 3 nitrogen and oxygen atoms in total. The van der Waals surface area contributed by atoms with Gasteiger partial charge in [-0.1, -0.05) is 38.4 Å². The summed E-state index contributed by atoms with van der Waals surface area (Å²) < 4.78 is 31.9. The van der Waals surface area contributed by atoms with E-state index >= 15 is 0 Å². The average molecular weight is 299 g/mol. The first kappa shape index (κ1) is 14.7. The van der Waals surface area contributed by atoms with Crippen LogP contribution < -0.4 is 4.74 Å². The van der Waals surface area contributed by atoms with Gasteiger partial charge in [-0.05, 0) is 12.1 Å². The van der Waals surface area contributed by atoms with E-state index in [2.05, 4.69) is 9.97 Å². The van der Waals surface area contributed by atoms with Crippen molar-refractivity contribution in [2.24, 2.45) is 0 Å². The van der Waals surface area contributed by atoms with Gasteiger partial charge in [0.05, 0.1) is 0 Å². The highest BCUT2D eigenvalue weighted by Gasteiger charge is 2.20. The third-order valence-electron chi connectivity index (χ3n) is 2.47. The molecule has 0 radical (unpaired) electrons. The predicted octanol–water partition coefficient (Wildman–Crippen LogP) is 4.50. The first-order valence-corrected chi connectivity index (χ1v) is 6.32. The predicted molar refractivity (Wildman–Crippen MR) is 72.2 cm³/mol. The van der Waals surface area contributed by atoms with Gasteiger partial charge in [0.2, 0.25) is 11.7 Å². The Morgan fingerprint density at radius 1 is 1.15 bits per heavy atom. The maximum absolute atomic E-state index is 13.5. The minimum absolute atomic E-state index is 0.0689. The van der Waals surface area contributed by atoms with Crippen molar-refractivity contribution in [3.8, 4) is 11.6 Å². The minimum Gasteiger partial charge on any atom is -0.436 e. The normalized spacial score (nSPS) is 11.5. The number of hydrogen-bond acceptors (Lipinski definition) is 3. The molecule has 0 aliphatic rings. The molecular weight excluding hydrogens is 286 g/mol. The SMILES string of the molecule is CC(C)(C)c1nc(Cl)cc(Oc2cccc(F)c2F)n1. The number of rotatable bonds is 2. The molecule has 0 saturated heterocycles. The van der Waals surface area contributed by atoms with E-state index in [0.29, 0.717) is 5.82 Å². The Bertz CT molecular complexity index is 642. The highest BCUT2D eigenvalue weighted by atomic mass is 35.5. The van der Waals surface area contributed by atoms with Gasteiger partial charge in [-0.2, -0.15) is 9.37 Å². The summed E-state index contributed by atoms with van der Waals surface area (Å²) in [5.74, 6) is -1.78. The van der Waals surface area contributed by atoms with E-state index in [4.69, 9.17) is 16.3 Å². The second-order valence-electron chi connectivity index (χ2n) is 5.26. The van der Waals surface area contributed by atoms with Crippen LogP contribution in [-0.2, 0) is 5.41 Å². The van der Waals surface area contributed by atoms with Gasteiger partial charge >= 0.3 is 0 Å². The van der Waals surface area contributed by atoms with E-state index in [1.807, 2.05) is 20.8 Å². The molecule has 0 N–H and O–H groups in total. The number of nitrogens with zero attached hydrogens (tertiary/aromatic N) is 2. The summed E-state index contributed by atoms with van der Waals surface area (Å²) >= 11 is 5.89. The number of halogens is 3. The summed E-state index contributed by atoms with van der Waals surface area (Å²) in [4.78, 5) is 8.26. The van der Waals surface area contributed by atoms with Crippen molar-refractivity contribution in [1.29, 1.82) is 0 Å². The molecule has 1 aromatic heterocycles. The fraction of sp³-hybridized carbons (Fsp3) is 0.286. The Hall–Kier alpha value is -1.75. The largest absolute Gasteiger partial charge is 0.436 e. The van der Waals surface area contributed by atoms with Crippen molar-refractivity contribution < 1.29 is 13.5 Å². The van der Waals surface area contributed by atoms with Gasteiger partial charge in [0.15, 0.2) is 11.6 Å². The molecule has 2 rings (SSSR count). The Balaban J connectivity index is 2.39. The average Bonchev–Trinajstić information content (AvgIpc) is 2.33. The second-order valence-corrected chi connectivity index (χ2v) is 5.64. The molecule has 0 bridgehead atoms. The van der Waals surface area contributed by atoms with Crippen molar-refractivity contribution in [1.82, 2.24) is 9.97 Å². The van der Waals surface area contributed by atoms with Gasteiger partial charge in [0.1, 0.15) is 11.0 Å². The first-order chi connectivity index (χ1) is 9.27. The first-order valence-electron chi connectivity index (χ1n) is 5.94. The number of hydrogen-bond donors (Lipinski definition) is 0. The summed E-state index contributed by atoms with van der Waals surface area (Å²) in [6.07, 6.45) is 0. The molecule has 1 aromatic carbocycles. The molecule has 0 spiro atoms.